The molecule has 0 aliphatic carbocycles. The molecule has 1 aliphatic rings. The van der Waals surface area contributed by atoms with Crippen LogP contribution < -0.4 is 4.74 Å². The minimum atomic E-state index is -0.480. The Kier molecular flexibility index (Phi) is 5.64. The highest BCUT2D eigenvalue weighted by atomic mass is 16.5. The van der Waals surface area contributed by atoms with E-state index in [0.29, 0.717) is 18.9 Å². The van der Waals surface area contributed by atoms with Crippen LogP contribution in [0.25, 0.3) is 11.3 Å². The van der Waals surface area contributed by atoms with Gasteiger partial charge in [-0.05, 0) is 42.0 Å². The van der Waals surface area contributed by atoms with Gasteiger partial charge in [-0.3, -0.25) is 4.79 Å². The molecule has 6 nitrogen and oxygen atoms in total. The first-order chi connectivity index (χ1) is 14.2. The summed E-state index contributed by atoms with van der Waals surface area (Å²) in [4.78, 5) is 15.0. The van der Waals surface area contributed by atoms with E-state index in [1.165, 1.54) is 0 Å². The second-order valence-electron chi connectivity index (χ2n) is 6.84. The summed E-state index contributed by atoms with van der Waals surface area (Å²) >= 11 is 0. The second-order valence-corrected chi connectivity index (χ2v) is 6.84. The van der Waals surface area contributed by atoms with Crippen molar-refractivity contribution in [3.63, 3.8) is 0 Å². The summed E-state index contributed by atoms with van der Waals surface area (Å²) in [6, 6.07) is 20.2. The van der Waals surface area contributed by atoms with E-state index in [2.05, 4.69) is 0 Å². The fraction of sp³-hybridized carbons (Fsp3) is 0.261. The Morgan fingerprint density at radius 3 is 2.55 bits per heavy atom. The molecule has 3 aromatic rings. The van der Waals surface area contributed by atoms with E-state index in [1.807, 2.05) is 54.6 Å². The van der Waals surface area contributed by atoms with E-state index in [-0.39, 0.29) is 24.3 Å². The molecular weight excluding hydrogens is 370 g/mol. The molecule has 2 aromatic carbocycles. The van der Waals surface area contributed by atoms with Gasteiger partial charge in [0.25, 0.3) is 5.91 Å². The molecule has 1 N–H and O–H groups in total. The Balaban J connectivity index is 1.61. The lowest BCUT2D eigenvalue weighted by atomic mass is 9.98. The number of aliphatic hydroxyl groups excluding tert-OH is 1. The first-order valence-electron chi connectivity index (χ1n) is 9.54. The second kappa shape index (κ2) is 8.51. The van der Waals surface area contributed by atoms with Gasteiger partial charge in [0.1, 0.15) is 17.6 Å². The van der Waals surface area contributed by atoms with Crippen LogP contribution in [0.15, 0.2) is 71.1 Å². The molecule has 2 atom stereocenters. The van der Waals surface area contributed by atoms with E-state index in [4.69, 9.17) is 13.9 Å². The van der Waals surface area contributed by atoms with Crippen LogP contribution in [0.5, 0.6) is 5.75 Å². The van der Waals surface area contributed by atoms with Crippen molar-refractivity contribution in [1.29, 1.82) is 0 Å². The van der Waals surface area contributed by atoms with Gasteiger partial charge in [0.2, 0.25) is 0 Å². The molecule has 0 unspecified atom stereocenters. The molecule has 2 heterocycles. The first kappa shape index (κ1) is 19.2. The van der Waals surface area contributed by atoms with Crippen LogP contribution in [-0.2, 0) is 4.74 Å². The maximum atomic E-state index is 13.3. The highest BCUT2D eigenvalue weighted by Crippen LogP contribution is 2.32. The van der Waals surface area contributed by atoms with Crippen molar-refractivity contribution in [3.8, 4) is 17.1 Å². The molecule has 1 fully saturated rings. The summed E-state index contributed by atoms with van der Waals surface area (Å²) in [7, 11) is 1.61. The molecule has 0 bridgehead atoms. The molecule has 29 heavy (non-hydrogen) atoms. The van der Waals surface area contributed by atoms with Crippen LogP contribution in [0.3, 0.4) is 0 Å². The van der Waals surface area contributed by atoms with E-state index >= 15 is 0 Å². The largest absolute Gasteiger partial charge is 0.497 e. The number of carbonyl (C=O) groups is 1. The highest BCUT2D eigenvalue weighted by Gasteiger charge is 2.37. The predicted octanol–water partition coefficient (Wildman–Crippen LogP) is 3.53. The Hall–Kier alpha value is -3.09. The Morgan fingerprint density at radius 2 is 1.86 bits per heavy atom. The van der Waals surface area contributed by atoms with Crippen molar-refractivity contribution in [2.45, 2.75) is 12.1 Å². The number of nitrogens with zero attached hydrogens (tertiary/aromatic N) is 1. The SMILES string of the molecule is COc1ccc(-c2ccc(C(=O)N3CCO[C@H](CO)[C@H]3c3ccccc3)o2)cc1. The summed E-state index contributed by atoms with van der Waals surface area (Å²) in [6.07, 6.45) is -0.480. The number of hydrogen-bond donors (Lipinski definition) is 1. The molecule has 0 spiro atoms. The molecule has 1 aromatic heterocycles. The van der Waals surface area contributed by atoms with Crippen molar-refractivity contribution in [2.24, 2.45) is 0 Å². The Bertz CT molecular complexity index is 951. The molecule has 150 valence electrons. The van der Waals surface area contributed by atoms with Gasteiger partial charge in [0.05, 0.1) is 26.4 Å². The van der Waals surface area contributed by atoms with Crippen molar-refractivity contribution >= 4 is 5.91 Å². The summed E-state index contributed by atoms with van der Waals surface area (Å²) in [5, 5.41) is 9.79. The number of carbonyl (C=O) groups excluding carboxylic acids is 1. The molecule has 0 saturated carbocycles. The van der Waals surface area contributed by atoms with Crippen molar-refractivity contribution in [3.05, 3.63) is 78.1 Å². The molecule has 4 rings (SSSR count). The third-order valence-corrected chi connectivity index (χ3v) is 5.13. The topological polar surface area (TPSA) is 72.1 Å². The Morgan fingerprint density at radius 1 is 1.10 bits per heavy atom. The van der Waals surface area contributed by atoms with E-state index in [1.54, 1.807) is 24.1 Å². The molecular formula is C23H23NO5. The number of aliphatic hydroxyl groups is 1. The average molecular weight is 393 g/mol. The Labute approximate surface area is 169 Å². The van der Waals surface area contributed by atoms with E-state index < -0.39 is 6.10 Å². The zero-order valence-electron chi connectivity index (χ0n) is 16.2. The van der Waals surface area contributed by atoms with Crippen LogP contribution in [0.2, 0.25) is 0 Å². The van der Waals surface area contributed by atoms with Crippen LogP contribution in [-0.4, -0.2) is 48.9 Å². The number of furan rings is 1. The number of hydrogen-bond acceptors (Lipinski definition) is 5. The van der Waals surface area contributed by atoms with Gasteiger partial charge in [0.15, 0.2) is 5.76 Å². The molecule has 0 radical (unpaired) electrons. The molecule has 1 amide bonds. The fourth-order valence-corrected chi connectivity index (χ4v) is 3.66. The van der Waals surface area contributed by atoms with Crippen molar-refractivity contribution < 1.29 is 23.8 Å². The highest BCUT2D eigenvalue weighted by molar-refractivity contribution is 5.92. The van der Waals surface area contributed by atoms with Gasteiger partial charge in [-0.2, -0.15) is 0 Å². The lowest BCUT2D eigenvalue weighted by molar-refractivity contribution is -0.0817. The monoisotopic (exact) mass is 393 g/mol. The summed E-state index contributed by atoms with van der Waals surface area (Å²) in [5.74, 6) is 1.40. The standard InChI is InChI=1S/C23H23NO5/c1-27-18-9-7-16(8-10-18)19-11-12-20(29-19)23(26)24-13-14-28-21(15-25)22(24)17-5-3-2-4-6-17/h2-12,21-22,25H,13-15H2,1H3/t21-,22-/m1/s1. The third kappa shape index (κ3) is 3.90. The maximum absolute atomic E-state index is 13.3. The van der Waals surface area contributed by atoms with E-state index in [9.17, 15) is 9.90 Å². The van der Waals surface area contributed by atoms with E-state index in [0.717, 1.165) is 16.9 Å². The van der Waals surface area contributed by atoms with Gasteiger partial charge in [-0.25, -0.2) is 0 Å². The molecule has 1 aliphatic heterocycles. The first-order valence-corrected chi connectivity index (χ1v) is 9.54. The lowest BCUT2D eigenvalue weighted by Crippen LogP contribution is -2.49. The third-order valence-electron chi connectivity index (χ3n) is 5.13. The van der Waals surface area contributed by atoms with Gasteiger partial charge in [-0.15, -0.1) is 0 Å². The van der Waals surface area contributed by atoms with Crippen LogP contribution in [0, 0.1) is 0 Å². The van der Waals surface area contributed by atoms with Crippen LogP contribution >= 0.6 is 0 Å². The molecule has 6 heteroatoms. The number of morpholine rings is 1. The zero-order chi connectivity index (χ0) is 20.2. The van der Waals surface area contributed by atoms with Gasteiger partial charge >= 0.3 is 0 Å². The van der Waals surface area contributed by atoms with Gasteiger partial charge < -0.3 is 23.9 Å². The minimum Gasteiger partial charge on any atom is -0.497 e. The molecule has 1 saturated heterocycles. The van der Waals surface area contributed by atoms with Crippen LogP contribution in [0.4, 0.5) is 0 Å². The average Bonchev–Trinajstić information content (AvgIpc) is 3.29. The number of benzene rings is 2. The quantitative estimate of drug-likeness (QED) is 0.718. The number of rotatable bonds is 5. The smallest absolute Gasteiger partial charge is 0.290 e. The summed E-state index contributed by atoms with van der Waals surface area (Å²) in [5.41, 5.74) is 1.78. The van der Waals surface area contributed by atoms with Gasteiger partial charge in [-0.1, -0.05) is 30.3 Å². The van der Waals surface area contributed by atoms with Crippen LogP contribution in [0.1, 0.15) is 22.2 Å². The predicted molar refractivity (Wildman–Crippen MR) is 108 cm³/mol. The van der Waals surface area contributed by atoms with Gasteiger partial charge in [0, 0.05) is 12.1 Å². The number of ether oxygens (including phenoxy) is 2. The number of amides is 1. The normalized spacial score (nSPS) is 19.2. The lowest BCUT2D eigenvalue weighted by Gasteiger charge is -2.40. The summed E-state index contributed by atoms with van der Waals surface area (Å²) < 4.78 is 16.8. The van der Waals surface area contributed by atoms with Crippen molar-refractivity contribution in [1.82, 2.24) is 4.90 Å². The van der Waals surface area contributed by atoms with Crippen molar-refractivity contribution in [2.75, 3.05) is 26.9 Å². The maximum Gasteiger partial charge on any atom is 0.290 e. The number of methoxy groups -OCH3 is 1. The minimum absolute atomic E-state index is 0.168. The zero-order valence-corrected chi connectivity index (χ0v) is 16.2. The summed E-state index contributed by atoms with van der Waals surface area (Å²) in [6.45, 7) is 0.623. The fourth-order valence-electron chi connectivity index (χ4n) is 3.66.